The van der Waals surface area contributed by atoms with Crippen molar-refractivity contribution in [1.29, 1.82) is 0 Å². The van der Waals surface area contributed by atoms with Crippen LogP contribution < -0.4 is 0 Å². The Morgan fingerprint density at radius 1 is 0.417 bits per heavy atom. The van der Waals surface area contributed by atoms with Gasteiger partial charge in [0.25, 0.3) is 0 Å². The van der Waals surface area contributed by atoms with Crippen LogP contribution in [0.2, 0.25) is 0 Å². The van der Waals surface area contributed by atoms with Gasteiger partial charge in [-0.3, -0.25) is 0 Å². The van der Waals surface area contributed by atoms with E-state index in [1.54, 1.807) is 0 Å². The number of ether oxygens (including phenoxy) is 4. The van der Waals surface area contributed by atoms with Gasteiger partial charge in [0, 0.05) is 48.6 Å². The maximum atomic E-state index is 11.9. The van der Waals surface area contributed by atoms with E-state index in [0.717, 1.165) is 0 Å². The van der Waals surface area contributed by atoms with Gasteiger partial charge in [-0.05, 0) is 0 Å². The minimum atomic E-state index is -2.00. The molecule has 0 aromatic carbocycles. The maximum absolute atomic E-state index is 11.9. The number of esters is 4. The van der Waals surface area contributed by atoms with Crippen LogP contribution in [-0.4, -0.2) is 80.4 Å². The van der Waals surface area contributed by atoms with Crippen molar-refractivity contribution in [3.8, 4) is 0 Å². The van der Waals surface area contributed by atoms with E-state index in [1.165, 1.54) is 0 Å². The molecule has 0 fully saturated rings. The summed E-state index contributed by atoms with van der Waals surface area (Å²) in [4.78, 5) is 89.0. The molecule has 2 atom stereocenters. The number of hydrogen-bond acceptors (Lipinski definition) is 12. The summed E-state index contributed by atoms with van der Waals surface area (Å²) in [6.45, 7) is 0.745. The van der Waals surface area contributed by atoms with Gasteiger partial charge in [0.05, 0.1) is 0 Å². The van der Waals surface area contributed by atoms with Crippen LogP contribution in [0.5, 0.6) is 0 Å². The van der Waals surface area contributed by atoms with Crippen molar-refractivity contribution >= 4 is 47.8 Å². The second-order valence-electron chi connectivity index (χ2n) is 5.64. The largest absolute Gasteiger partial charge is 0.478 e. The van der Waals surface area contributed by atoms with E-state index in [2.05, 4.69) is 9.47 Å². The Labute approximate surface area is 200 Å². The van der Waals surface area contributed by atoms with Gasteiger partial charge in [0.1, 0.15) is 0 Å². The molecule has 0 bridgehead atoms. The first-order chi connectivity index (χ1) is 16.8. The molecule has 0 aliphatic rings. The zero-order valence-corrected chi connectivity index (χ0v) is 17.6. The molecule has 0 spiro atoms. The molecular formula is C20H16O16. The molecular weight excluding hydrogens is 496 g/mol. The lowest BCUT2D eigenvalue weighted by Gasteiger charge is -2.24. The molecule has 16 nitrogen and oxygen atoms in total. The molecule has 0 heterocycles. The molecule has 192 valence electrons. The fraction of sp³-hybridized carbons (Fsp3) is 0.100. The van der Waals surface area contributed by atoms with Gasteiger partial charge in [-0.25, -0.2) is 38.4 Å². The molecule has 4 N–H and O–H groups in total. The van der Waals surface area contributed by atoms with E-state index in [0.29, 0.717) is 61.8 Å². The highest BCUT2D eigenvalue weighted by molar-refractivity contribution is 5.93. The fourth-order valence-corrected chi connectivity index (χ4v) is 1.60. The molecule has 0 aliphatic heterocycles. The standard InChI is InChI=1S/C20H16O16/c21-13(22)1-5-17(29)33-9-11(35-19(31)7-3-15(25)26)12(36-20(32)8-4-16(27)28)10-34-18(30)6-2-14(23)24/h1-12H,(H,21,22)(H,23,24)(H,25,26)(H,27,28). The third kappa shape index (κ3) is 16.4. The zero-order valence-electron chi connectivity index (χ0n) is 17.6. The van der Waals surface area contributed by atoms with Gasteiger partial charge in [-0.15, -0.1) is 0 Å². The van der Waals surface area contributed by atoms with E-state index in [9.17, 15) is 38.4 Å². The van der Waals surface area contributed by atoms with Crippen LogP contribution in [0.3, 0.4) is 0 Å². The van der Waals surface area contributed by atoms with Crippen LogP contribution in [-0.2, 0) is 57.3 Å². The topological polar surface area (TPSA) is 254 Å². The molecule has 0 aromatic rings. The maximum Gasteiger partial charge on any atom is 0.331 e. The molecule has 36 heavy (non-hydrogen) atoms. The summed E-state index contributed by atoms with van der Waals surface area (Å²) < 4.78 is 18.6. The number of carbonyl (C=O) groups excluding carboxylic acids is 4. The Morgan fingerprint density at radius 2 is 0.667 bits per heavy atom. The van der Waals surface area contributed by atoms with Crippen molar-refractivity contribution in [3.05, 3.63) is 61.8 Å². The second-order valence-corrected chi connectivity index (χ2v) is 5.64. The number of carboxylic acids is 4. The summed E-state index contributed by atoms with van der Waals surface area (Å²) in [6, 6.07) is 0. The van der Waals surface area contributed by atoms with Crippen molar-refractivity contribution in [2.75, 3.05) is 0 Å². The third-order valence-electron chi connectivity index (χ3n) is 2.91. The number of carbonyl (C=O) groups is 8. The van der Waals surface area contributed by atoms with Crippen molar-refractivity contribution in [1.82, 2.24) is 0 Å². The molecule has 2 radical (unpaired) electrons. The van der Waals surface area contributed by atoms with Crippen molar-refractivity contribution in [2.45, 2.75) is 12.2 Å². The first-order valence-corrected chi connectivity index (χ1v) is 8.93. The molecule has 2 unspecified atom stereocenters. The van der Waals surface area contributed by atoms with E-state index in [4.69, 9.17) is 29.9 Å². The van der Waals surface area contributed by atoms with Crippen molar-refractivity contribution < 1.29 is 77.7 Å². The Balaban J connectivity index is 5.88. The molecule has 0 saturated carbocycles. The third-order valence-corrected chi connectivity index (χ3v) is 2.91. The molecule has 0 aromatic heterocycles. The highest BCUT2D eigenvalue weighted by Gasteiger charge is 2.32. The lowest BCUT2D eigenvalue weighted by atomic mass is 10.2. The van der Waals surface area contributed by atoms with Crippen molar-refractivity contribution in [3.63, 3.8) is 0 Å². The lowest BCUT2D eigenvalue weighted by Crippen LogP contribution is -2.37. The molecule has 0 amide bonds. The second kappa shape index (κ2) is 16.4. The van der Waals surface area contributed by atoms with Crippen molar-refractivity contribution in [2.24, 2.45) is 0 Å². The van der Waals surface area contributed by atoms with Crippen LogP contribution in [0, 0.1) is 13.2 Å². The number of aliphatic carboxylic acids is 4. The van der Waals surface area contributed by atoms with E-state index < -0.39 is 60.0 Å². The average Bonchev–Trinajstić information content (AvgIpc) is 2.78. The van der Waals surface area contributed by atoms with Gasteiger partial charge in [-0.1, -0.05) is 0 Å². The number of rotatable bonds is 15. The normalized spacial score (nSPS) is 12.8. The summed E-state index contributed by atoms with van der Waals surface area (Å²) in [5, 5.41) is 34.2. The minimum Gasteiger partial charge on any atom is -0.478 e. The first kappa shape index (κ1) is 30.7. The van der Waals surface area contributed by atoms with Crippen LogP contribution >= 0.6 is 0 Å². The zero-order chi connectivity index (χ0) is 27.7. The Hall–Kier alpha value is -5.28. The molecule has 0 saturated heterocycles. The van der Waals surface area contributed by atoms with Gasteiger partial charge in [0.15, 0.2) is 25.4 Å². The van der Waals surface area contributed by atoms with Gasteiger partial charge >= 0.3 is 47.8 Å². The predicted octanol–water partition coefficient (Wildman–Crippen LogP) is -1.22. The predicted molar refractivity (Wildman–Crippen MR) is 108 cm³/mol. The summed E-state index contributed by atoms with van der Waals surface area (Å²) in [5.41, 5.74) is 0. The summed E-state index contributed by atoms with van der Waals surface area (Å²) in [6.07, 6.45) is -0.921. The summed E-state index contributed by atoms with van der Waals surface area (Å²) >= 11 is 0. The van der Waals surface area contributed by atoms with Gasteiger partial charge < -0.3 is 39.4 Å². The van der Waals surface area contributed by atoms with E-state index >= 15 is 0 Å². The van der Waals surface area contributed by atoms with Crippen LogP contribution in [0.4, 0.5) is 0 Å². The molecule has 0 aliphatic carbocycles. The molecule has 0 rings (SSSR count). The average molecular weight is 512 g/mol. The lowest BCUT2D eigenvalue weighted by molar-refractivity contribution is -0.166. The SMILES string of the molecule is O=C(O)C=CC(=O)O[CH]C(OC(=O)C=CC(=O)O)C([CH]OC(=O)C=CC(=O)O)OC(=O)C=CC(=O)O. The highest BCUT2D eigenvalue weighted by atomic mass is 16.6. The minimum absolute atomic E-state index is 0.345. The first-order valence-electron chi connectivity index (χ1n) is 8.93. The number of hydrogen-bond donors (Lipinski definition) is 4. The Morgan fingerprint density at radius 3 is 0.917 bits per heavy atom. The number of carboxylic acid groups (broad SMARTS) is 4. The highest BCUT2D eigenvalue weighted by Crippen LogP contribution is 2.15. The van der Waals surface area contributed by atoms with Crippen LogP contribution in [0.15, 0.2) is 48.6 Å². The summed E-state index contributed by atoms with van der Waals surface area (Å²) in [5.74, 6) is -11.7. The monoisotopic (exact) mass is 512 g/mol. The van der Waals surface area contributed by atoms with Gasteiger partial charge in [-0.2, -0.15) is 0 Å². The smallest absolute Gasteiger partial charge is 0.331 e. The van der Waals surface area contributed by atoms with E-state index in [-0.39, 0.29) is 0 Å². The fourth-order valence-electron chi connectivity index (χ4n) is 1.60. The quantitative estimate of drug-likeness (QED) is 0.114. The van der Waals surface area contributed by atoms with Crippen LogP contribution in [0.1, 0.15) is 0 Å². The van der Waals surface area contributed by atoms with E-state index in [1.807, 2.05) is 0 Å². The Kier molecular flexibility index (Phi) is 14.0. The summed E-state index contributed by atoms with van der Waals surface area (Å²) in [7, 11) is 0. The Bertz CT molecular complexity index is 919. The molecule has 16 heteroatoms. The van der Waals surface area contributed by atoms with Gasteiger partial charge in [0.2, 0.25) is 0 Å². The van der Waals surface area contributed by atoms with Crippen LogP contribution in [0.25, 0.3) is 0 Å².